The molecule has 1 aromatic heterocycles. The molecule has 1 saturated heterocycles. The van der Waals surface area contributed by atoms with E-state index in [1.54, 1.807) is 21.3 Å². The minimum atomic E-state index is 0.0284. The first-order chi connectivity index (χ1) is 15.1. The second-order valence-electron chi connectivity index (χ2n) is 8.60. The van der Waals surface area contributed by atoms with Gasteiger partial charge in [-0.2, -0.15) is 0 Å². The minimum absolute atomic E-state index is 0.0284. The molecule has 2 aromatic carbocycles. The van der Waals surface area contributed by atoms with Gasteiger partial charge in [-0.3, -0.25) is 4.79 Å². The maximum absolute atomic E-state index is 12.8. The number of fused-ring (bicyclic) bond motifs is 2. The highest BCUT2D eigenvalue weighted by Gasteiger charge is 2.66. The van der Waals surface area contributed by atoms with Crippen LogP contribution in [0.1, 0.15) is 28.0 Å². The minimum Gasteiger partial charge on any atom is -0.493 e. The Labute approximate surface area is 180 Å². The Morgan fingerprint density at radius 2 is 1.90 bits per heavy atom. The number of benzene rings is 2. The number of H-pyrrole nitrogens is 1. The number of rotatable bonds is 5. The van der Waals surface area contributed by atoms with Crippen molar-refractivity contribution in [2.24, 2.45) is 5.92 Å². The van der Waals surface area contributed by atoms with Crippen LogP contribution in [0.4, 0.5) is 0 Å². The number of ether oxygens (including phenoxy) is 3. The number of nitrogens with one attached hydrogen (secondary N) is 1. The zero-order chi connectivity index (χ0) is 21.3. The lowest BCUT2D eigenvalue weighted by Crippen LogP contribution is -2.28. The summed E-state index contributed by atoms with van der Waals surface area (Å²) in [6.07, 6.45) is 3.00. The van der Waals surface area contributed by atoms with Gasteiger partial charge in [0.05, 0.1) is 33.4 Å². The summed E-state index contributed by atoms with van der Waals surface area (Å²) in [5, 5.41) is 1.00. The SMILES string of the molecule is COc1cc2cc(CN3C[C@H]4C[C@@]45C3=CC(=O)c3ccccc35)[nH]c2c(OC)c1OC. The van der Waals surface area contributed by atoms with Crippen LogP contribution >= 0.6 is 0 Å². The molecular weight excluding hydrogens is 392 g/mol. The van der Waals surface area contributed by atoms with Crippen LogP contribution in [-0.4, -0.2) is 43.5 Å². The second-order valence-corrected chi connectivity index (χ2v) is 8.60. The molecule has 31 heavy (non-hydrogen) atoms. The molecule has 1 N–H and O–H groups in total. The molecule has 158 valence electrons. The number of hydrogen-bond donors (Lipinski definition) is 1. The van der Waals surface area contributed by atoms with E-state index in [1.807, 2.05) is 30.3 Å². The van der Waals surface area contributed by atoms with E-state index < -0.39 is 0 Å². The zero-order valence-corrected chi connectivity index (χ0v) is 17.8. The Hall–Kier alpha value is -3.41. The first-order valence-corrected chi connectivity index (χ1v) is 10.5. The van der Waals surface area contributed by atoms with Crippen LogP contribution in [0.3, 0.4) is 0 Å². The predicted octanol–water partition coefficient (Wildman–Crippen LogP) is 4.05. The molecule has 2 atom stereocenters. The lowest BCUT2D eigenvalue weighted by Gasteiger charge is -2.30. The van der Waals surface area contributed by atoms with Crippen molar-refractivity contribution >= 4 is 16.7 Å². The topological polar surface area (TPSA) is 63.8 Å². The quantitative estimate of drug-likeness (QED) is 0.680. The van der Waals surface area contributed by atoms with Gasteiger partial charge in [0.25, 0.3) is 0 Å². The molecule has 6 nitrogen and oxygen atoms in total. The number of ketones is 1. The van der Waals surface area contributed by atoms with Gasteiger partial charge in [-0.25, -0.2) is 0 Å². The van der Waals surface area contributed by atoms with Gasteiger partial charge in [-0.1, -0.05) is 24.3 Å². The molecule has 0 unspecified atom stereocenters. The van der Waals surface area contributed by atoms with E-state index in [1.165, 1.54) is 11.3 Å². The van der Waals surface area contributed by atoms with E-state index in [4.69, 9.17) is 14.2 Å². The highest BCUT2D eigenvalue weighted by molar-refractivity contribution is 6.08. The summed E-state index contributed by atoms with van der Waals surface area (Å²) in [6.45, 7) is 1.68. The molecule has 2 heterocycles. The molecule has 0 amide bonds. The third kappa shape index (κ3) is 2.36. The fraction of sp³-hybridized carbons (Fsp3) is 0.320. The van der Waals surface area contributed by atoms with E-state index in [0.717, 1.165) is 35.1 Å². The van der Waals surface area contributed by atoms with E-state index >= 15 is 0 Å². The number of allylic oxidation sites excluding steroid dienone is 2. The van der Waals surface area contributed by atoms with Crippen molar-refractivity contribution in [2.75, 3.05) is 27.9 Å². The van der Waals surface area contributed by atoms with Crippen molar-refractivity contribution in [1.29, 1.82) is 0 Å². The summed E-state index contributed by atoms with van der Waals surface area (Å²) in [5.41, 5.74) is 5.21. The highest BCUT2D eigenvalue weighted by Crippen LogP contribution is 2.66. The normalized spacial score (nSPS) is 23.2. The predicted molar refractivity (Wildman–Crippen MR) is 117 cm³/mol. The van der Waals surface area contributed by atoms with Gasteiger partial charge in [0.2, 0.25) is 5.75 Å². The summed E-state index contributed by atoms with van der Waals surface area (Å²) in [6, 6.07) is 12.2. The van der Waals surface area contributed by atoms with Gasteiger partial charge in [-0.05, 0) is 30.0 Å². The Kier molecular flexibility index (Phi) is 3.73. The van der Waals surface area contributed by atoms with E-state index in [9.17, 15) is 4.79 Å². The average Bonchev–Trinajstić information content (AvgIpc) is 3.21. The monoisotopic (exact) mass is 416 g/mol. The van der Waals surface area contributed by atoms with E-state index in [0.29, 0.717) is 29.7 Å². The standard InChI is InChI=1S/C25H24N2O4/c1-29-20-9-14-8-16(26-22(14)24(31-3)23(20)30-2)13-27-12-15-11-25(15)18-7-5-4-6-17(18)19(28)10-21(25)27/h4-10,15,26H,11-13H2,1-3H3/t15-,25-/m1/s1. The van der Waals surface area contributed by atoms with Crippen molar-refractivity contribution < 1.29 is 19.0 Å². The molecule has 3 aromatic rings. The number of likely N-dealkylation sites (tertiary alicyclic amines) is 1. The van der Waals surface area contributed by atoms with Crippen molar-refractivity contribution in [3.05, 3.63) is 65.0 Å². The summed E-state index contributed by atoms with van der Waals surface area (Å²) < 4.78 is 16.6. The molecule has 1 spiro atoms. The fourth-order valence-electron chi connectivity index (χ4n) is 5.73. The van der Waals surface area contributed by atoms with Gasteiger partial charge in [0.1, 0.15) is 0 Å². The summed E-state index contributed by atoms with van der Waals surface area (Å²) in [7, 11) is 4.86. The van der Waals surface area contributed by atoms with E-state index in [2.05, 4.69) is 22.0 Å². The van der Waals surface area contributed by atoms with Crippen LogP contribution in [-0.2, 0) is 12.0 Å². The van der Waals surface area contributed by atoms with E-state index in [-0.39, 0.29) is 11.2 Å². The maximum Gasteiger partial charge on any atom is 0.205 e. The van der Waals surface area contributed by atoms with Gasteiger partial charge < -0.3 is 24.1 Å². The molecule has 1 saturated carbocycles. The number of nitrogens with zero attached hydrogens (tertiary/aromatic N) is 1. The molecule has 2 aliphatic carbocycles. The lowest BCUT2D eigenvalue weighted by molar-refractivity contribution is 0.103. The summed E-state index contributed by atoms with van der Waals surface area (Å²) in [5.74, 6) is 2.53. The largest absolute Gasteiger partial charge is 0.493 e. The Morgan fingerprint density at radius 1 is 1.10 bits per heavy atom. The molecule has 1 aliphatic heterocycles. The third-order valence-corrected chi connectivity index (χ3v) is 7.12. The summed E-state index contributed by atoms with van der Waals surface area (Å²) >= 11 is 0. The number of hydrogen-bond acceptors (Lipinski definition) is 5. The van der Waals surface area contributed by atoms with Crippen LogP contribution in [0.5, 0.6) is 17.2 Å². The van der Waals surface area contributed by atoms with Gasteiger partial charge in [-0.15, -0.1) is 0 Å². The van der Waals surface area contributed by atoms with Gasteiger partial charge >= 0.3 is 0 Å². The van der Waals surface area contributed by atoms with Crippen molar-refractivity contribution in [1.82, 2.24) is 9.88 Å². The van der Waals surface area contributed by atoms with Gasteiger partial charge in [0.15, 0.2) is 17.3 Å². The molecule has 0 radical (unpaired) electrons. The molecule has 6 heteroatoms. The first-order valence-electron chi connectivity index (χ1n) is 10.5. The third-order valence-electron chi connectivity index (χ3n) is 7.12. The van der Waals surface area contributed by atoms with Crippen LogP contribution in [0.15, 0.2) is 48.2 Å². The zero-order valence-electron chi connectivity index (χ0n) is 17.8. The maximum atomic E-state index is 12.8. The lowest BCUT2D eigenvalue weighted by atomic mass is 9.81. The number of carbonyl (C=O) groups is 1. The van der Waals surface area contributed by atoms with Crippen LogP contribution in [0, 0.1) is 5.92 Å². The molecule has 6 rings (SSSR count). The number of methoxy groups -OCH3 is 3. The van der Waals surface area contributed by atoms with Gasteiger partial charge in [0, 0.05) is 40.4 Å². The smallest absolute Gasteiger partial charge is 0.205 e. The molecule has 0 bridgehead atoms. The second kappa shape index (κ2) is 6.30. The molecule has 2 fully saturated rings. The number of aromatic amines is 1. The average molecular weight is 416 g/mol. The number of piperidine rings is 1. The highest BCUT2D eigenvalue weighted by atomic mass is 16.5. The number of aromatic nitrogens is 1. The molecular formula is C25H24N2O4. The molecule has 3 aliphatic rings. The summed E-state index contributed by atoms with van der Waals surface area (Å²) in [4.78, 5) is 18.7. The Morgan fingerprint density at radius 3 is 2.68 bits per heavy atom. The Bertz CT molecular complexity index is 1270. The van der Waals surface area contributed by atoms with Crippen LogP contribution in [0.2, 0.25) is 0 Å². The fourth-order valence-corrected chi connectivity index (χ4v) is 5.73. The van der Waals surface area contributed by atoms with Crippen molar-refractivity contribution in [3.8, 4) is 17.2 Å². The Balaban J connectivity index is 1.38. The first kappa shape index (κ1) is 18.4. The van der Waals surface area contributed by atoms with Crippen molar-refractivity contribution in [3.63, 3.8) is 0 Å². The van der Waals surface area contributed by atoms with Crippen LogP contribution in [0.25, 0.3) is 10.9 Å². The van der Waals surface area contributed by atoms with Crippen LogP contribution < -0.4 is 14.2 Å². The van der Waals surface area contributed by atoms with Crippen molar-refractivity contribution in [2.45, 2.75) is 18.4 Å². The number of carbonyl (C=O) groups excluding carboxylic acids is 1.